The quantitative estimate of drug-likeness (QED) is 0.755. The summed E-state index contributed by atoms with van der Waals surface area (Å²) >= 11 is 0. The van der Waals surface area contributed by atoms with Crippen molar-refractivity contribution in [3.8, 4) is 5.88 Å². The molecule has 0 aliphatic heterocycles. The molecule has 0 spiro atoms. The van der Waals surface area contributed by atoms with Gasteiger partial charge >= 0.3 is 0 Å². The van der Waals surface area contributed by atoms with Gasteiger partial charge in [0.05, 0.1) is 6.61 Å². The molecule has 72 valence electrons. The van der Waals surface area contributed by atoms with Gasteiger partial charge in [-0.25, -0.2) is 13.8 Å². The van der Waals surface area contributed by atoms with Crippen LogP contribution < -0.4 is 4.74 Å². The second-order valence-electron chi connectivity index (χ2n) is 2.17. The Balaban J connectivity index is 2.64. The van der Waals surface area contributed by atoms with Crippen LogP contribution in [0.1, 0.15) is 5.69 Å². The van der Waals surface area contributed by atoms with E-state index in [2.05, 4.69) is 14.7 Å². The molecule has 4 nitrogen and oxygen atoms in total. The number of aliphatic hydroxyl groups is 1. The zero-order valence-corrected chi connectivity index (χ0v) is 6.65. The normalized spacial score (nSPS) is 10.5. The van der Waals surface area contributed by atoms with Gasteiger partial charge in [0.25, 0.3) is 6.43 Å². The van der Waals surface area contributed by atoms with Crippen molar-refractivity contribution in [1.82, 2.24) is 9.97 Å². The fourth-order valence-electron chi connectivity index (χ4n) is 0.725. The monoisotopic (exact) mass is 190 g/mol. The van der Waals surface area contributed by atoms with Gasteiger partial charge in [-0.2, -0.15) is 0 Å². The fourth-order valence-corrected chi connectivity index (χ4v) is 0.725. The lowest BCUT2D eigenvalue weighted by Crippen LogP contribution is -2.10. The van der Waals surface area contributed by atoms with Crippen LogP contribution in [-0.4, -0.2) is 28.1 Å². The number of hydrogen-bond acceptors (Lipinski definition) is 4. The topological polar surface area (TPSA) is 55.2 Å². The van der Waals surface area contributed by atoms with Gasteiger partial charge in [0, 0.05) is 12.4 Å². The van der Waals surface area contributed by atoms with E-state index in [-0.39, 0.29) is 18.2 Å². The van der Waals surface area contributed by atoms with Crippen LogP contribution >= 0.6 is 0 Å². The maximum absolute atomic E-state index is 11.7. The van der Waals surface area contributed by atoms with Crippen LogP contribution in [0.3, 0.4) is 0 Å². The molecule has 0 aliphatic rings. The van der Waals surface area contributed by atoms with Gasteiger partial charge in [-0.15, -0.1) is 0 Å². The van der Waals surface area contributed by atoms with Crippen molar-refractivity contribution in [1.29, 1.82) is 0 Å². The Morgan fingerprint density at radius 1 is 1.38 bits per heavy atom. The Morgan fingerprint density at radius 3 is 2.69 bits per heavy atom. The van der Waals surface area contributed by atoms with E-state index in [0.717, 1.165) is 0 Å². The molecular formula is C7H8F2N2O2. The third-order valence-corrected chi connectivity index (χ3v) is 1.23. The van der Waals surface area contributed by atoms with Crippen molar-refractivity contribution < 1.29 is 18.6 Å². The van der Waals surface area contributed by atoms with Gasteiger partial charge in [-0.1, -0.05) is 0 Å². The summed E-state index contributed by atoms with van der Waals surface area (Å²) in [6.07, 6.45) is 0.0920. The molecule has 1 aromatic heterocycles. The second kappa shape index (κ2) is 4.66. The molecule has 0 aromatic carbocycles. The average molecular weight is 190 g/mol. The molecule has 0 aliphatic carbocycles. The maximum atomic E-state index is 11.7. The van der Waals surface area contributed by atoms with Crippen molar-refractivity contribution in [3.05, 3.63) is 18.1 Å². The van der Waals surface area contributed by atoms with Gasteiger partial charge in [-0.05, 0) is 0 Å². The number of halogens is 2. The van der Waals surface area contributed by atoms with Crippen LogP contribution in [0.2, 0.25) is 0 Å². The second-order valence-corrected chi connectivity index (χ2v) is 2.17. The molecule has 0 atom stereocenters. The van der Waals surface area contributed by atoms with Gasteiger partial charge in [-0.3, -0.25) is 4.98 Å². The third kappa shape index (κ3) is 2.90. The van der Waals surface area contributed by atoms with E-state index in [9.17, 15) is 8.78 Å². The van der Waals surface area contributed by atoms with E-state index in [4.69, 9.17) is 5.11 Å². The zero-order valence-electron chi connectivity index (χ0n) is 6.65. The number of ether oxygens (including phenoxy) is 1. The molecule has 0 bridgehead atoms. The van der Waals surface area contributed by atoms with E-state index in [0.29, 0.717) is 0 Å². The largest absolute Gasteiger partial charge is 0.470 e. The summed E-state index contributed by atoms with van der Waals surface area (Å²) in [5.74, 6) is -0.0506. The summed E-state index contributed by atoms with van der Waals surface area (Å²) < 4.78 is 28.0. The number of alkyl halides is 2. The fraction of sp³-hybridized carbons (Fsp3) is 0.429. The maximum Gasteiger partial charge on any atom is 0.272 e. The molecule has 0 unspecified atom stereocenters. The summed E-state index contributed by atoms with van der Waals surface area (Å²) in [5.41, 5.74) is 0.156. The van der Waals surface area contributed by atoms with Crippen LogP contribution in [0.4, 0.5) is 8.78 Å². The summed E-state index contributed by atoms with van der Waals surface area (Å²) in [6, 6.07) is 0. The molecule has 0 saturated heterocycles. The number of rotatable bonds is 4. The summed E-state index contributed by atoms with van der Waals surface area (Å²) in [7, 11) is 0. The highest BCUT2D eigenvalue weighted by molar-refractivity contribution is 5.15. The molecule has 1 N–H and O–H groups in total. The van der Waals surface area contributed by atoms with Crippen LogP contribution in [0.25, 0.3) is 0 Å². The first-order valence-electron chi connectivity index (χ1n) is 3.55. The Morgan fingerprint density at radius 2 is 2.08 bits per heavy atom. The smallest absolute Gasteiger partial charge is 0.272 e. The number of hydrogen-bond donors (Lipinski definition) is 1. The summed E-state index contributed by atoms with van der Waals surface area (Å²) in [6.45, 7) is -1.13. The molecule has 1 rings (SSSR count). The standard InChI is InChI=1S/C7H8F2N2O2/c8-6(9)4-13-7-5(3-12)10-1-2-11-7/h1-2,6,12H,3-4H2. The minimum absolute atomic E-state index is 0.0506. The first kappa shape index (κ1) is 9.79. The third-order valence-electron chi connectivity index (χ3n) is 1.23. The zero-order chi connectivity index (χ0) is 9.68. The lowest BCUT2D eigenvalue weighted by molar-refractivity contribution is 0.0777. The molecule has 6 heteroatoms. The number of aliphatic hydroxyl groups excluding tert-OH is 1. The van der Waals surface area contributed by atoms with Gasteiger partial charge in [0.2, 0.25) is 5.88 Å². The molecule has 0 amide bonds. The van der Waals surface area contributed by atoms with Crippen molar-refractivity contribution in [3.63, 3.8) is 0 Å². The summed E-state index contributed by atoms with van der Waals surface area (Å²) in [4.78, 5) is 7.34. The lowest BCUT2D eigenvalue weighted by atomic mass is 10.4. The van der Waals surface area contributed by atoms with Crippen molar-refractivity contribution in [2.45, 2.75) is 13.0 Å². The first-order valence-corrected chi connectivity index (χ1v) is 3.55. The van der Waals surface area contributed by atoms with Crippen molar-refractivity contribution >= 4 is 0 Å². The highest BCUT2D eigenvalue weighted by atomic mass is 19.3. The Kier molecular flexibility index (Phi) is 3.51. The van der Waals surface area contributed by atoms with Crippen LogP contribution in [-0.2, 0) is 6.61 Å². The van der Waals surface area contributed by atoms with E-state index in [1.807, 2.05) is 0 Å². The molecule has 1 aromatic rings. The minimum Gasteiger partial charge on any atom is -0.470 e. The number of aromatic nitrogens is 2. The Hall–Kier alpha value is -1.30. The van der Waals surface area contributed by atoms with Crippen LogP contribution in [0, 0.1) is 0 Å². The molecular weight excluding hydrogens is 182 g/mol. The molecule has 13 heavy (non-hydrogen) atoms. The highest BCUT2D eigenvalue weighted by Gasteiger charge is 2.08. The molecule has 1 heterocycles. The minimum atomic E-state index is -2.56. The predicted molar refractivity (Wildman–Crippen MR) is 39.5 cm³/mol. The predicted octanol–water partition coefficient (Wildman–Crippen LogP) is 0.613. The molecule has 0 fully saturated rings. The van der Waals surface area contributed by atoms with Crippen LogP contribution in [0.15, 0.2) is 12.4 Å². The molecule has 0 radical (unpaired) electrons. The van der Waals surface area contributed by atoms with Crippen molar-refractivity contribution in [2.75, 3.05) is 6.61 Å². The molecule has 0 saturated carbocycles. The SMILES string of the molecule is OCc1nccnc1OCC(F)F. The average Bonchev–Trinajstić information content (AvgIpc) is 2.15. The summed E-state index contributed by atoms with van der Waals surface area (Å²) in [5, 5.41) is 8.71. The first-order chi connectivity index (χ1) is 6.24. The Bertz CT molecular complexity index is 270. The lowest BCUT2D eigenvalue weighted by Gasteiger charge is -2.06. The number of nitrogens with zero attached hydrogens (tertiary/aromatic N) is 2. The van der Waals surface area contributed by atoms with Gasteiger partial charge in [0.1, 0.15) is 5.69 Å². The van der Waals surface area contributed by atoms with E-state index in [1.54, 1.807) is 0 Å². The van der Waals surface area contributed by atoms with Gasteiger partial charge in [0.15, 0.2) is 6.61 Å². The van der Waals surface area contributed by atoms with Gasteiger partial charge < -0.3 is 9.84 Å². The highest BCUT2D eigenvalue weighted by Crippen LogP contribution is 2.11. The van der Waals surface area contributed by atoms with Crippen LogP contribution in [0.5, 0.6) is 5.88 Å². The van der Waals surface area contributed by atoms with Crippen molar-refractivity contribution in [2.24, 2.45) is 0 Å². The van der Waals surface area contributed by atoms with E-state index < -0.39 is 13.0 Å². The van der Waals surface area contributed by atoms with E-state index >= 15 is 0 Å². The van der Waals surface area contributed by atoms with E-state index in [1.165, 1.54) is 12.4 Å². The Labute approximate surface area is 73.2 Å².